The van der Waals surface area contributed by atoms with Crippen LogP contribution in [-0.4, -0.2) is 11.0 Å². The van der Waals surface area contributed by atoms with Crippen molar-refractivity contribution in [3.05, 3.63) is 65.7 Å². The minimum Gasteiger partial charge on any atom is -0.332 e. The maximum atomic E-state index is 12.6. The summed E-state index contributed by atoms with van der Waals surface area (Å²) >= 11 is 4.92. The number of rotatable bonds is 2. The van der Waals surface area contributed by atoms with E-state index >= 15 is 0 Å². The van der Waals surface area contributed by atoms with Gasteiger partial charge in [-0.2, -0.15) is 13.2 Å². The quantitative estimate of drug-likeness (QED) is 0.825. The Labute approximate surface area is 130 Å². The van der Waals surface area contributed by atoms with Crippen molar-refractivity contribution in [3.63, 3.8) is 0 Å². The molecule has 22 heavy (non-hydrogen) atoms. The SMILES string of the molecule is O=C(NC(=S)Nc1cccc(C(F)(F)F)c1)c1ccccc1. The largest absolute Gasteiger partial charge is 0.416 e. The molecule has 114 valence electrons. The molecular formula is C15H11F3N2OS. The lowest BCUT2D eigenvalue weighted by molar-refractivity contribution is -0.137. The maximum absolute atomic E-state index is 12.6. The topological polar surface area (TPSA) is 41.1 Å². The van der Waals surface area contributed by atoms with Gasteiger partial charge in [0.2, 0.25) is 0 Å². The van der Waals surface area contributed by atoms with Gasteiger partial charge in [-0.3, -0.25) is 10.1 Å². The second-order valence-corrected chi connectivity index (χ2v) is 4.76. The van der Waals surface area contributed by atoms with E-state index in [1.165, 1.54) is 12.1 Å². The highest BCUT2D eigenvalue weighted by molar-refractivity contribution is 7.80. The molecule has 0 bridgehead atoms. The van der Waals surface area contributed by atoms with E-state index in [0.717, 1.165) is 12.1 Å². The fraction of sp³-hybridized carbons (Fsp3) is 0.0667. The predicted octanol–water partition coefficient (Wildman–Crippen LogP) is 3.83. The molecule has 0 saturated heterocycles. The van der Waals surface area contributed by atoms with Crippen LogP contribution in [0.15, 0.2) is 54.6 Å². The van der Waals surface area contributed by atoms with E-state index in [1.807, 2.05) is 0 Å². The zero-order chi connectivity index (χ0) is 16.2. The molecule has 2 N–H and O–H groups in total. The summed E-state index contributed by atoms with van der Waals surface area (Å²) in [5.41, 5.74) is -0.251. The molecule has 0 atom stereocenters. The van der Waals surface area contributed by atoms with Crippen LogP contribution in [0.1, 0.15) is 15.9 Å². The monoisotopic (exact) mass is 324 g/mol. The number of hydrogen-bond donors (Lipinski definition) is 2. The number of alkyl halides is 3. The van der Waals surface area contributed by atoms with Crippen LogP contribution < -0.4 is 10.6 Å². The molecule has 0 radical (unpaired) electrons. The van der Waals surface area contributed by atoms with Gasteiger partial charge in [-0.05, 0) is 42.5 Å². The lowest BCUT2D eigenvalue weighted by Gasteiger charge is -2.12. The second kappa shape index (κ2) is 6.57. The molecule has 0 unspecified atom stereocenters. The molecule has 2 rings (SSSR count). The molecule has 0 spiro atoms. The number of amides is 1. The summed E-state index contributed by atoms with van der Waals surface area (Å²) in [5, 5.41) is 4.88. The van der Waals surface area contributed by atoms with Gasteiger partial charge in [0.25, 0.3) is 5.91 Å². The summed E-state index contributed by atoms with van der Waals surface area (Å²) in [7, 11) is 0. The van der Waals surface area contributed by atoms with Gasteiger partial charge in [-0.25, -0.2) is 0 Å². The molecule has 0 fully saturated rings. The Hall–Kier alpha value is -2.41. The molecule has 0 aliphatic heterocycles. The summed E-state index contributed by atoms with van der Waals surface area (Å²) < 4.78 is 37.8. The van der Waals surface area contributed by atoms with Crippen molar-refractivity contribution < 1.29 is 18.0 Å². The van der Waals surface area contributed by atoms with Gasteiger partial charge in [0.15, 0.2) is 5.11 Å². The first-order valence-electron chi connectivity index (χ1n) is 6.21. The van der Waals surface area contributed by atoms with Crippen molar-refractivity contribution in [3.8, 4) is 0 Å². The van der Waals surface area contributed by atoms with Crippen LogP contribution >= 0.6 is 12.2 Å². The molecule has 1 amide bonds. The summed E-state index contributed by atoms with van der Waals surface area (Å²) in [6.45, 7) is 0. The van der Waals surface area contributed by atoms with E-state index in [9.17, 15) is 18.0 Å². The first kappa shape index (κ1) is 16.0. The number of hydrogen-bond acceptors (Lipinski definition) is 2. The lowest BCUT2D eigenvalue weighted by Crippen LogP contribution is -2.34. The van der Waals surface area contributed by atoms with Gasteiger partial charge in [-0.15, -0.1) is 0 Å². The van der Waals surface area contributed by atoms with Crippen LogP contribution in [0.4, 0.5) is 18.9 Å². The van der Waals surface area contributed by atoms with Gasteiger partial charge < -0.3 is 5.32 Å². The summed E-state index contributed by atoms with van der Waals surface area (Å²) in [4.78, 5) is 11.9. The molecule has 0 aliphatic rings. The Bertz CT molecular complexity index is 687. The van der Waals surface area contributed by atoms with Gasteiger partial charge in [0.05, 0.1) is 5.56 Å². The van der Waals surface area contributed by atoms with Crippen molar-refractivity contribution in [1.29, 1.82) is 0 Å². The predicted molar refractivity (Wildman–Crippen MR) is 81.6 cm³/mol. The smallest absolute Gasteiger partial charge is 0.332 e. The first-order chi connectivity index (χ1) is 10.4. The summed E-state index contributed by atoms with van der Waals surface area (Å²) in [6, 6.07) is 12.9. The Kier molecular flexibility index (Phi) is 4.77. The van der Waals surface area contributed by atoms with Crippen LogP contribution in [0.2, 0.25) is 0 Å². The fourth-order valence-electron chi connectivity index (χ4n) is 1.70. The lowest BCUT2D eigenvalue weighted by atomic mass is 10.2. The van der Waals surface area contributed by atoms with E-state index in [1.54, 1.807) is 30.3 Å². The Morgan fingerprint density at radius 1 is 1.00 bits per heavy atom. The summed E-state index contributed by atoms with van der Waals surface area (Å²) in [6.07, 6.45) is -4.44. The average Bonchev–Trinajstić information content (AvgIpc) is 2.47. The normalized spacial score (nSPS) is 10.9. The minimum absolute atomic E-state index is 0.0758. The number of thiocarbonyl (C=S) groups is 1. The maximum Gasteiger partial charge on any atom is 0.416 e. The van der Waals surface area contributed by atoms with Crippen molar-refractivity contribution in [1.82, 2.24) is 5.32 Å². The molecule has 3 nitrogen and oxygen atoms in total. The number of benzene rings is 2. The van der Waals surface area contributed by atoms with Crippen LogP contribution in [0.5, 0.6) is 0 Å². The number of carbonyl (C=O) groups excluding carboxylic acids is 1. The zero-order valence-electron chi connectivity index (χ0n) is 11.1. The van der Waals surface area contributed by atoms with E-state index in [-0.39, 0.29) is 10.8 Å². The Balaban J connectivity index is 2.02. The highest BCUT2D eigenvalue weighted by Crippen LogP contribution is 2.30. The van der Waals surface area contributed by atoms with E-state index in [2.05, 4.69) is 10.6 Å². The second-order valence-electron chi connectivity index (χ2n) is 4.35. The third kappa shape index (κ3) is 4.29. The van der Waals surface area contributed by atoms with Crippen molar-refractivity contribution in [2.75, 3.05) is 5.32 Å². The molecule has 0 aromatic heterocycles. The molecule has 2 aromatic rings. The third-order valence-electron chi connectivity index (χ3n) is 2.71. The molecule has 0 aliphatic carbocycles. The minimum atomic E-state index is -4.44. The number of carbonyl (C=O) groups is 1. The van der Waals surface area contributed by atoms with Crippen LogP contribution in [0, 0.1) is 0 Å². The van der Waals surface area contributed by atoms with Gasteiger partial charge >= 0.3 is 6.18 Å². The van der Waals surface area contributed by atoms with Crippen molar-refractivity contribution >= 4 is 28.9 Å². The van der Waals surface area contributed by atoms with Crippen molar-refractivity contribution in [2.45, 2.75) is 6.18 Å². The average molecular weight is 324 g/mol. The standard InChI is InChI=1S/C15H11F3N2OS/c16-15(17,18)11-7-4-8-12(9-11)19-14(22)20-13(21)10-5-2-1-3-6-10/h1-9H,(H2,19,20,21,22). The summed E-state index contributed by atoms with van der Waals surface area (Å²) in [5.74, 6) is -0.440. The van der Waals surface area contributed by atoms with Crippen LogP contribution in [0.3, 0.4) is 0 Å². The van der Waals surface area contributed by atoms with Crippen LogP contribution in [-0.2, 0) is 6.18 Å². The number of anilines is 1. The molecule has 0 saturated carbocycles. The van der Waals surface area contributed by atoms with Gasteiger partial charge in [-0.1, -0.05) is 24.3 Å². The van der Waals surface area contributed by atoms with Crippen molar-refractivity contribution in [2.24, 2.45) is 0 Å². The highest BCUT2D eigenvalue weighted by atomic mass is 32.1. The van der Waals surface area contributed by atoms with Crippen LogP contribution in [0.25, 0.3) is 0 Å². The first-order valence-corrected chi connectivity index (χ1v) is 6.62. The zero-order valence-corrected chi connectivity index (χ0v) is 12.0. The van der Waals surface area contributed by atoms with Gasteiger partial charge in [0.1, 0.15) is 0 Å². The third-order valence-corrected chi connectivity index (χ3v) is 2.91. The van der Waals surface area contributed by atoms with E-state index < -0.39 is 17.6 Å². The Morgan fingerprint density at radius 2 is 1.68 bits per heavy atom. The van der Waals surface area contributed by atoms with E-state index in [4.69, 9.17) is 12.2 Å². The number of nitrogens with one attached hydrogen (secondary N) is 2. The molecule has 7 heteroatoms. The molecule has 2 aromatic carbocycles. The van der Waals surface area contributed by atoms with E-state index in [0.29, 0.717) is 5.56 Å². The fourth-order valence-corrected chi connectivity index (χ4v) is 1.91. The number of halogens is 3. The van der Waals surface area contributed by atoms with Gasteiger partial charge in [0, 0.05) is 11.3 Å². The Morgan fingerprint density at radius 3 is 2.32 bits per heavy atom. The molecular weight excluding hydrogens is 313 g/mol. The highest BCUT2D eigenvalue weighted by Gasteiger charge is 2.30. The molecule has 0 heterocycles.